The first-order valence-corrected chi connectivity index (χ1v) is 7.16. The Balaban J connectivity index is 0.00000312. The molecule has 0 fully saturated rings. The van der Waals surface area contributed by atoms with Crippen molar-refractivity contribution < 1.29 is 22.6 Å². The van der Waals surface area contributed by atoms with Gasteiger partial charge in [0, 0.05) is 0 Å². The lowest BCUT2D eigenvalue weighted by atomic mass is 10.1. The minimum atomic E-state index is -4.42. The molecule has 2 N–H and O–H groups in total. The molecule has 10 heteroatoms. The van der Waals surface area contributed by atoms with Gasteiger partial charge >= 0.3 is 6.18 Å². The minimum Gasteiger partial charge on any atom is -0.493 e. The van der Waals surface area contributed by atoms with Gasteiger partial charge in [-0.25, -0.2) is 9.67 Å². The van der Waals surface area contributed by atoms with Gasteiger partial charge in [0.15, 0.2) is 17.3 Å². The highest BCUT2D eigenvalue weighted by atomic mass is 35.5. The Hall–Kier alpha value is -2.00. The number of hydrogen-bond donors (Lipinski definition) is 1. The number of hydrogen-bond acceptors (Lipinski definition) is 5. The minimum absolute atomic E-state index is 0. The Morgan fingerprint density at radius 2 is 1.76 bits per heavy atom. The van der Waals surface area contributed by atoms with Gasteiger partial charge in [-0.15, -0.1) is 12.4 Å². The lowest BCUT2D eigenvalue weighted by molar-refractivity contribution is -0.143. The van der Waals surface area contributed by atoms with Crippen LogP contribution in [0.15, 0.2) is 24.3 Å². The Morgan fingerprint density at radius 3 is 2.28 bits per heavy atom. The van der Waals surface area contributed by atoms with Crippen LogP contribution in [-0.2, 0) is 18.7 Å². The molecule has 0 aliphatic heterocycles. The van der Waals surface area contributed by atoms with Crippen molar-refractivity contribution >= 4 is 12.4 Å². The van der Waals surface area contributed by atoms with Crippen LogP contribution in [0.4, 0.5) is 13.2 Å². The van der Waals surface area contributed by atoms with E-state index in [1.165, 1.54) is 7.11 Å². The van der Waals surface area contributed by atoms with Crippen molar-refractivity contribution in [1.29, 1.82) is 0 Å². The molecule has 6 nitrogen and oxygen atoms in total. The second kappa shape index (κ2) is 7.92. The monoisotopic (exact) mass is 380 g/mol. The Morgan fingerprint density at radius 1 is 1.16 bits per heavy atom. The third-order valence-electron chi connectivity index (χ3n) is 3.05. The van der Waals surface area contributed by atoms with Gasteiger partial charge in [-0.2, -0.15) is 18.3 Å². The fourth-order valence-electron chi connectivity index (χ4n) is 2.09. The van der Waals surface area contributed by atoms with Crippen molar-refractivity contribution in [2.75, 3.05) is 7.11 Å². The average molecular weight is 381 g/mol. The van der Waals surface area contributed by atoms with E-state index in [-0.39, 0.29) is 30.7 Å². The molecular formula is C15H20ClF3N4O2. The van der Waals surface area contributed by atoms with E-state index in [1.54, 1.807) is 38.1 Å². The van der Waals surface area contributed by atoms with E-state index in [1.807, 2.05) is 0 Å². The molecule has 0 amide bonds. The largest absolute Gasteiger partial charge is 0.493 e. The molecule has 0 saturated carbocycles. The lowest BCUT2D eigenvalue weighted by Gasteiger charge is -2.18. The smallest absolute Gasteiger partial charge is 0.408 e. The van der Waals surface area contributed by atoms with Crippen LogP contribution in [0.3, 0.4) is 0 Å². The van der Waals surface area contributed by atoms with Crippen molar-refractivity contribution in [2.24, 2.45) is 5.73 Å². The van der Waals surface area contributed by atoms with Gasteiger partial charge in [0.1, 0.15) is 19.0 Å². The lowest BCUT2D eigenvalue weighted by Crippen LogP contribution is -2.34. The SMILES string of the molecule is COc1ccccc1OCc1nc(C(C)(C)N)n(CC(F)(F)F)n1.Cl. The number of aromatic nitrogens is 3. The molecule has 0 unspecified atom stereocenters. The number of alkyl halides is 3. The fraction of sp³-hybridized carbons (Fsp3) is 0.467. The molecule has 25 heavy (non-hydrogen) atoms. The molecule has 0 spiro atoms. The molecule has 1 heterocycles. The van der Waals surface area contributed by atoms with Crippen molar-refractivity contribution in [3.63, 3.8) is 0 Å². The molecule has 2 rings (SSSR count). The predicted octanol–water partition coefficient (Wildman–Crippen LogP) is 3.04. The third kappa shape index (κ3) is 5.79. The maximum Gasteiger partial charge on any atom is 0.408 e. The van der Waals surface area contributed by atoms with E-state index in [9.17, 15) is 13.2 Å². The van der Waals surface area contributed by atoms with Gasteiger partial charge < -0.3 is 15.2 Å². The average Bonchev–Trinajstić information content (AvgIpc) is 2.86. The van der Waals surface area contributed by atoms with Crippen LogP contribution in [0.1, 0.15) is 25.5 Å². The summed E-state index contributed by atoms with van der Waals surface area (Å²) in [5.74, 6) is 1.10. The summed E-state index contributed by atoms with van der Waals surface area (Å²) in [7, 11) is 1.49. The van der Waals surface area contributed by atoms with E-state index in [0.717, 1.165) is 4.68 Å². The molecular weight excluding hydrogens is 361 g/mol. The summed E-state index contributed by atoms with van der Waals surface area (Å²) in [5, 5.41) is 3.87. The van der Waals surface area contributed by atoms with E-state index < -0.39 is 18.3 Å². The first kappa shape index (κ1) is 21.0. The summed E-state index contributed by atoms with van der Waals surface area (Å²) in [6.07, 6.45) is -4.42. The maximum absolute atomic E-state index is 12.7. The quantitative estimate of drug-likeness (QED) is 0.833. The molecule has 0 aliphatic rings. The molecule has 0 atom stereocenters. The van der Waals surface area contributed by atoms with Crippen LogP contribution < -0.4 is 15.2 Å². The topological polar surface area (TPSA) is 75.2 Å². The Labute approximate surface area is 149 Å². The molecule has 0 saturated heterocycles. The third-order valence-corrected chi connectivity index (χ3v) is 3.05. The molecule has 0 radical (unpaired) electrons. The zero-order chi connectivity index (χ0) is 18.0. The van der Waals surface area contributed by atoms with Crippen LogP contribution in [0.25, 0.3) is 0 Å². The molecule has 0 aliphatic carbocycles. The summed E-state index contributed by atoms with van der Waals surface area (Å²) in [4.78, 5) is 4.10. The highest BCUT2D eigenvalue weighted by Gasteiger charge is 2.33. The van der Waals surface area contributed by atoms with Crippen molar-refractivity contribution in [3.05, 3.63) is 35.9 Å². The first-order chi connectivity index (χ1) is 11.1. The van der Waals surface area contributed by atoms with Gasteiger partial charge in [0.25, 0.3) is 0 Å². The molecule has 0 bridgehead atoms. The van der Waals surface area contributed by atoms with Crippen LogP contribution >= 0.6 is 12.4 Å². The molecule has 1 aromatic heterocycles. The highest BCUT2D eigenvalue weighted by Crippen LogP contribution is 2.27. The van der Waals surface area contributed by atoms with Crippen molar-refractivity contribution in [1.82, 2.24) is 14.8 Å². The normalized spacial score (nSPS) is 11.8. The Kier molecular flexibility index (Phi) is 6.67. The molecule has 2 aromatic rings. The zero-order valence-corrected chi connectivity index (χ0v) is 14.8. The number of ether oxygens (including phenoxy) is 2. The van der Waals surface area contributed by atoms with Gasteiger partial charge in [-0.3, -0.25) is 0 Å². The summed E-state index contributed by atoms with van der Waals surface area (Å²) >= 11 is 0. The highest BCUT2D eigenvalue weighted by molar-refractivity contribution is 5.85. The predicted molar refractivity (Wildman–Crippen MR) is 87.9 cm³/mol. The van der Waals surface area contributed by atoms with E-state index in [4.69, 9.17) is 15.2 Å². The van der Waals surface area contributed by atoms with E-state index >= 15 is 0 Å². The number of nitrogens with two attached hydrogens (primary N) is 1. The van der Waals surface area contributed by atoms with E-state index in [0.29, 0.717) is 11.5 Å². The number of para-hydroxylation sites is 2. The fourth-order valence-corrected chi connectivity index (χ4v) is 2.09. The number of methoxy groups -OCH3 is 1. The Bertz CT molecular complexity index is 699. The second-order valence-corrected chi connectivity index (χ2v) is 5.79. The van der Waals surface area contributed by atoms with Crippen molar-refractivity contribution in [2.45, 2.75) is 38.7 Å². The summed E-state index contributed by atoms with van der Waals surface area (Å²) < 4.78 is 49.5. The summed E-state index contributed by atoms with van der Waals surface area (Å²) in [6, 6.07) is 6.91. The molecule has 1 aromatic carbocycles. The summed E-state index contributed by atoms with van der Waals surface area (Å²) in [6.45, 7) is 1.77. The number of rotatable bonds is 6. The standard InChI is InChI=1S/C15H19F3N4O2.ClH/c1-14(2,19)13-20-12(21-22(13)9-15(16,17)18)8-24-11-7-5-4-6-10(11)23-3;/h4-7H,8-9,19H2,1-3H3;1H. The number of nitrogens with zero attached hydrogens (tertiary/aromatic N) is 3. The first-order valence-electron chi connectivity index (χ1n) is 7.16. The van der Waals surface area contributed by atoms with Crippen molar-refractivity contribution in [3.8, 4) is 11.5 Å². The van der Waals surface area contributed by atoms with Crippen LogP contribution in [0.2, 0.25) is 0 Å². The van der Waals surface area contributed by atoms with Gasteiger partial charge in [-0.1, -0.05) is 12.1 Å². The summed E-state index contributed by atoms with van der Waals surface area (Å²) in [5.41, 5.74) is 4.82. The zero-order valence-electron chi connectivity index (χ0n) is 14.0. The van der Waals surface area contributed by atoms with Crippen LogP contribution in [0, 0.1) is 0 Å². The van der Waals surface area contributed by atoms with Gasteiger partial charge in [-0.05, 0) is 26.0 Å². The van der Waals surface area contributed by atoms with Crippen LogP contribution in [0.5, 0.6) is 11.5 Å². The van der Waals surface area contributed by atoms with E-state index in [2.05, 4.69) is 10.1 Å². The number of benzene rings is 1. The van der Waals surface area contributed by atoms with Crippen LogP contribution in [-0.4, -0.2) is 28.1 Å². The molecule has 140 valence electrons. The second-order valence-electron chi connectivity index (χ2n) is 5.79. The van der Waals surface area contributed by atoms with Gasteiger partial charge in [0.05, 0.1) is 12.6 Å². The maximum atomic E-state index is 12.7. The number of halogens is 4. The van der Waals surface area contributed by atoms with Gasteiger partial charge in [0.2, 0.25) is 0 Å².